The Morgan fingerprint density at radius 2 is 2.30 bits per heavy atom. The van der Waals surface area contributed by atoms with Gasteiger partial charge in [0.05, 0.1) is 0 Å². The van der Waals surface area contributed by atoms with Crippen molar-refractivity contribution in [2.75, 3.05) is 0 Å². The fourth-order valence-corrected chi connectivity index (χ4v) is 0.407. The minimum atomic E-state index is -0.420. The van der Waals surface area contributed by atoms with Crippen LogP contribution in [0.2, 0.25) is 0 Å². The van der Waals surface area contributed by atoms with Crippen molar-refractivity contribution in [3.8, 4) is 0 Å². The fourth-order valence-electron chi connectivity index (χ4n) is 0.407. The Kier molecular flexibility index (Phi) is 10.2. The van der Waals surface area contributed by atoms with Crippen molar-refractivity contribution in [3.63, 3.8) is 0 Å². The molecule has 4 nitrogen and oxygen atoms in total. The first-order valence-corrected chi connectivity index (χ1v) is 2.69. The largest absolute Gasteiger partial charge is 0.373 e. The van der Waals surface area contributed by atoms with E-state index in [0.29, 0.717) is 19.3 Å². The summed E-state index contributed by atoms with van der Waals surface area (Å²) in [7, 11) is 0. The standard InChI is InChI=1S/C5H10N2O2.ClH/c6-4-2-1-3-5(8)9-7;/h4,6H,1-3,7H2;1H. The molecule has 0 bridgehead atoms. The van der Waals surface area contributed by atoms with Gasteiger partial charge in [0, 0.05) is 6.42 Å². The van der Waals surface area contributed by atoms with Crippen LogP contribution in [0.25, 0.3) is 0 Å². The number of carbonyl (C=O) groups is 1. The molecular weight excluding hydrogens is 156 g/mol. The summed E-state index contributed by atoms with van der Waals surface area (Å²) in [4.78, 5) is 14.1. The van der Waals surface area contributed by atoms with E-state index in [1.165, 1.54) is 6.21 Å². The number of nitrogens with one attached hydrogen (secondary N) is 1. The summed E-state index contributed by atoms with van der Waals surface area (Å²) in [5.74, 6) is 4.13. The fraction of sp³-hybridized carbons (Fsp3) is 0.600. The van der Waals surface area contributed by atoms with Crippen LogP contribution < -0.4 is 5.90 Å². The first-order chi connectivity index (χ1) is 4.31. The second kappa shape index (κ2) is 8.39. The molecule has 0 fully saturated rings. The Labute approximate surface area is 65.6 Å². The van der Waals surface area contributed by atoms with E-state index in [2.05, 4.69) is 10.7 Å². The maximum absolute atomic E-state index is 10.3. The third-order valence-electron chi connectivity index (χ3n) is 0.861. The summed E-state index contributed by atoms with van der Waals surface area (Å²) in [5.41, 5.74) is 0. The molecule has 0 aliphatic carbocycles. The maximum atomic E-state index is 10.3. The summed E-state index contributed by atoms with van der Waals surface area (Å²) >= 11 is 0. The molecule has 0 aromatic carbocycles. The molecule has 0 aliphatic heterocycles. The van der Waals surface area contributed by atoms with E-state index >= 15 is 0 Å². The van der Waals surface area contributed by atoms with E-state index in [4.69, 9.17) is 5.41 Å². The molecule has 10 heavy (non-hydrogen) atoms. The molecule has 0 aliphatic rings. The average molecular weight is 167 g/mol. The molecule has 0 heterocycles. The number of halogens is 1. The molecule has 5 heteroatoms. The molecule has 0 aromatic rings. The molecule has 0 aromatic heterocycles. The highest BCUT2D eigenvalue weighted by molar-refractivity contribution is 5.85. The summed E-state index contributed by atoms with van der Waals surface area (Å²) < 4.78 is 0. The summed E-state index contributed by atoms with van der Waals surface area (Å²) in [5, 5.41) is 6.60. The van der Waals surface area contributed by atoms with Gasteiger partial charge in [-0.2, -0.15) is 5.90 Å². The van der Waals surface area contributed by atoms with Crippen LogP contribution in [0.1, 0.15) is 19.3 Å². The first kappa shape index (κ1) is 12.1. The molecular formula is C5H11ClN2O2. The van der Waals surface area contributed by atoms with Gasteiger partial charge in [-0.25, -0.2) is 0 Å². The zero-order chi connectivity index (χ0) is 7.11. The highest BCUT2D eigenvalue weighted by atomic mass is 35.5. The molecule has 0 unspecified atom stereocenters. The predicted octanol–water partition coefficient (Wildman–Crippen LogP) is 0.645. The van der Waals surface area contributed by atoms with Gasteiger partial charge in [-0.3, -0.25) is 4.79 Å². The Morgan fingerprint density at radius 3 is 2.70 bits per heavy atom. The van der Waals surface area contributed by atoms with Gasteiger partial charge in [-0.05, 0) is 19.1 Å². The van der Waals surface area contributed by atoms with E-state index in [9.17, 15) is 4.79 Å². The molecule has 0 saturated heterocycles. The van der Waals surface area contributed by atoms with Gasteiger partial charge in [-0.1, -0.05) is 0 Å². The van der Waals surface area contributed by atoms with E-state index in [1.54, 1.807) is 0 Å². The lowest BCUT2D eigenvalue weighted by Crippen LogP contribution is -2.08. The van der Waals surface area contributed by atoms with Crippen LogP contribution in [0.5, 0.6) is 0 Å². The number of carbonyl (C=O) groups excluding carboxylic acids is 1. The van der Waals surface area contributed by atoms with Crippen molar-refractivity contribution in [2.45, 2.75) is 19.3 Å². The zero-order valence-corrected chi connectivity index (χ0v) is 6.32. The van der Waals surface area contributed by atoms with Gasteiger partial charge in [0.15, 0.2) is 0 Å². The lowest BCUT2D eigenvalue weighted by Gasteiger charge is -1.92. The Balaban J connectivity index is 0. The number of hydrogen-bond acceptors (Lipinski definition) is 4. The smallest absolute Gasteiger partial charge is 0.324 e. The second-order valence-electron chi connectivity index (χ2n) is 1.59. The quantitative estimate of drug-likeness (QED) is 0.366. The van der Waals surface area contributed by atoms with Crippen LogP contribution >= 0.6 is 12.4 Å². The molecule has 0 atom stereocenters. The molecule has 0 saturated carbocycles. The number of rotatable bonds is 4. The van der Waals surface area contributed by atoms with Gasteiger partial charge in [0.2, 0.25) is 0 Å². The van der Waals surface area contributed by atoms with Crippen LogP contribution in [0.4, 0.5) is 0 Å². The Hall–Kier alpha value is -0.610. The molecule has 0 rings (SSSR count). The molecule has 60 valence electrons. The highest BCUT2D eigenvalue weighted by Crippen LogP contribution is 1.92. The summed E-state index contributed by atoms with van der Waals surface area (Å²) in [6.07, 6.45) is 2.80. The van der Waals surface area contributed by atoms with Crippen molar-refractivity contribution in [1.29, 1.82) is 5.41 Å². The van der Waals surface area contributed by atoms with Gasteiger partial charge in [-0.15, -0.1) is 12.4 Å². The van der Waals surface area contributed by atoms with Gasteiger partial charge in [0.25, 0.3) is 0 Å². The van der Waals surface area contributed by atoms with Gasteiger partial charge >= 0.3 is 5.97 Å². The topological polar surface area (TPSA) is 76.2 Å². The minimum absolute atomic E-state index is 0. The number of nitrogens with two attached hydrogens (primary N) is 1. The van der Waals surface area contributed by atoms with Crippen molar-refractivity contribution in [1.82, 2.24) is 0 Å². The second-order valence-corrected chi connectivity index (χ2v) is 1.59. The number of unbranched alkanes of at least 4 members (excludes halogenated alkanes) is 1. The minimum Gasteiger partial charge on any atom is -0.373 e. The van der Waals surface area contributed by atoms with Crippen molar-refractivity contribution >= 4 is 24.6 Å². The van der Waals surface area contributed by atoms with Crippen LogP contribution in [0.3, 0.4) is 0 Å². The van der Waals surface area contributed by atoms with Crippen LogP contribution in [-0.2, 0) is 9.63 Å². The summed E-state index contributed by atoms with van der Waals surface area (Å²) in [6, 6.07) is 0. The van der Waals surface area contributed by atoms with Gasteiger partial charge in [0.1, 0.15) is 0 Å². The third-order valence-corrected chi connectivity index (χ3v) is 0.861. The maximum Gasteiger partial charge on any atom is 0.324 e. The van der Waals surface area contributed by atoms with Gasteiger partial charge < -0.3 is 10.2 Å². The van der Waals surface area contributed by atoms with Crippen LogP contribution in [0.15, 0.2) is 0 Å². The zero-order valence-electron chi connectivity index (χ0n) is 5.50. The highest BCUT2D eigenvalue weighted by Gasteiger charge is 1.97. The van der Waals surface area contributed by atoms with E-state index < -0.39 is 5.97 Å². The van der Waals surface area contributed by atoms with Crippen LogP contribution in [-0.4, -0.2) is 12.2 Å². The summed E-state index contributed by atoms with van der Waals surface area (Å²) in [6.45, 7) is 0. The molecule has 0 radical (unpaired) electrons. The van der Waals surface area contributed by atoms with E-state index in [0.717, 1.165) is 0 Å². The van der Waals surface area contributed by atoms with E-state index in [-0.39, 0.29) is 12.4 Å². The Morgan fingerprint density at radius 1 is 1.70 bits per heavy atom. The lowest BCUT2D eigenvalue weighted by molar-refractivity contribution is -0.144. The monoisotopic (exact) mass is 166 g/mol. The molecule has 0 spiro atoms. The SMILES string of the molecule is Cl.N=CCCCC(=O)ON. The normalized spacial score (nSPS) is 7.70. The molecule has 0 amide bonds. The third kappa shape index (κ3) is 7.39. The average Bonchev–Trinajstić information content (AvgIpc) is 1.89. The van der Waals surface area contributed by atoms with Crippen molar-refractivity contribution < 1.29 is 9.63 Å². The van der Waals surface area contributed by atoms with Crippen LogP contribution in [0, 0.1) is 5.41 Å². The first-order valence-electron chi connectivity index (χ1n) is 2.69. The van der Waals surface area contributed by atoms with E-state index in [1.807, 2.05) is 0 Å². The Bertz CT molecular complexity index is 108. The number of hydrogen-bond donors (Lipinski definition) is 2. The predicted molar refractivity (Wildman–Crippen MR) is 40.2 cm³/mol. The van der Waals surface area contributed by atoms with Crippen molar-refractivity contribution in [2.24, 2.45) is 5.90 Å². The van der Waals surface area contributed by atoms with Crippen molar-refractivity contribution in [3.05, 3.63) is 0 Å². The lowest BCUT2D eigenvalue weighted by atomic mass is 10.2. The molecule has 3 N–H and O–H groups in total.